The molecule has 0 aromatic heterocycles. The zero-order valence-corrected chi connectivity index (χ0v) is 18.3. The number of methoxy groups -OCH3 is 1. The first kappa shape index (κ1) is 19.7. The molecule has 5 fully saturated rings. The number of carbonyl (C=O) groups excluding carboxylic acids is 1. The standard InChI is InChI=1S/C23H36O3S/c1-15-11-16-12-19-21(2)8-6-9-22(3,20(24)26-4)18(21)7-10-23(15,19)13-17(16)14-27(5)25/h16-19H,1,6-14H2,2-5H3/t16-,17+,18-,19-,21+,22+,23+,27?/m0/s1. The number of allylic oxidation sites excluding steroid dienone is 1. The molecule has 0 N–H and O–H groups in total. The molecule has 5 saturated carbocycles. The molecule has 1 unspecified atom stereocenters. The molecule has 3 nitrogen and oxygen atoms in total. The molecular weight excluding hydrogens is 356 g/mol. The number of ether oxygens (including phenoxy) is 1. The lowest BCUT2D eigenvalue weighted by Crippen LogP contribution is -2.63. The van der Waals surface area contributed by atoms with E-state index in [0.717, 1.165) is 37.9 Å². The molecule has 152 valence electrons. The van der Waals surface area contributed by atoms with Crippen molar-refractivity contribution in [1.82, 2.24) is 0 Å². The van der Waals surface area contributed by atoms with Crippen molar-refractivity contribution < 1.29 is 13.7 Å². The van der Waals surface area contributed by atoms with Gasteiger partial charge in [0.1, 0.15) is 0 Å². The topological polar surface area (TPSA) is 43.4 Å². The zero-order chi connectivity index (χ0) is 19.6. The largest absolute Gasteiger partial charge is 0.469 e. The number of hydrogen-bond acceptors (Lipinski definition) is 3. The summed E-state index contributed by atoms with van der Waals surface area (Å²) in [6, 6.07) is 0. The molecule has 5 aliphatic rings. The summed E-state index contributed by atoms with van der Waals surface area (Å²) in [5, 5.41) is 0. The van der Waals surface area contributed by atoms with Gasteiger partial charge in [-0.3, -0.25) is 9.00 Å². The Hall–Kier alpha value is -0.640. The van der Waals surface area contributed by atoms with Crippen LogP contribution in [0.15, 0.2) is 12.2 Å². The number of rotatable bonds is 3. The van der Waals surface area contributed by atoms with E-state index in [1.54, 1.807) is 7.11 Å². The fraction of sp³-hybridized carbons (Fsp3) is 0.870. The van der Waals surface area contributed by atoms with Crippen molar-refractivity contribution in [3.8, 4) is 0 Å². The quantitative estimate of drug-likeness (QED) is 0.515. The third-order valence-electron chi connectivity index (χ3n) is 9.46. The molecule has 0 heterocycles. The highest BCUT2D eigenvalue weighted by atomic mass is 32.2. The highest BCUT2D eigenvalue weighted by Gasteiger charge is 2.66. The first-order chi connectivity index (χ1) is 12.7. The van der Waals surface area contributed by atoms with Gasteiger partial charge < -0.3 is 4.74 Å². The van der Waals surface area contributed by atoms with E-state index in [1.807, 2.05) is 6.26 Å². The van der Waals surface area contributed by atoms with Crippen molar-refractivity contribution in [3.05, 3.63) is 12.2 Å². The van der Waals surface area contributed by atoms with Crippen LogP contribution in [0, 0.1) is 39.9 Å². The molecule has 27 heavy (non-hydrogen) atoms. The molecule has 0 saturated heterocycles. The Morgan fingerprint density at radius 2 is 2.00 bits per heavy atom. The maximum Gasteiger partial charge on any atom is 0.311 e. The molecular formula is C23H36O3S. The van der Waals surface area contributed by atoms with Gasteiger partial charge in [-0.05, 0) is 86.4 Å². The molecule has 0 aliphatic heterocycles. The van der Waals surface area contributed by atoms with Crippen LogP contribution in [0.5, 0.6) is 0 Å². The predicted molar refractivity (Wildman–Crippen MR) is 110 cm³/mol. The summed E-state index contributed by atoms with van der Waals surface area (Å²) < 4.78 is 17.2. The summed E-state index contributed by atoms with van der Waals surface area (Å²) in [6.07, 6.45) is 11.0. The minimum Gasteiger partial charge on any atom is -0.469 e. The van der Waals surface area contributed by atoms with E-state index in [2.05, 4.69) is 20.4 Å². The van der Waals surface area contributed by atoms with E-state index >= 15 is 0 Å². The van der Waals surface area contributed by atoms with Gasteiger partial charge in [-0.15, -0.1) is 0 Å². The summed E-state index contributed by atoms with van der Waals surface area (Å²) in [5.41, 5.74) is 1.54. The second-order valence-electron chi connectivity index (χ2n) is 10.6. The lowest BCUT2D eigenvalue weighted by Gasteiger charge is -2.69. The molecule has 2 bridgehead atoms. The monoisotopic (exact) mass is 392 g/mol. The van der Waals surface area contributed by atoms with E-state index in [4.69, 9.17) is 4.74 Å². The normalized spacial score (nSPS) is 49.9. The second-order valence-corrected chi connectivity index (χ2v) is 12.1. The first-order valence-corrected chi connectivity index (χ1v) is 12.5. The van der Waals surface area contributed by atoms with Gasteiger partial charge >= 0.3 is 5.97 Å². The highest BCUT2D eigenvalue weighted by Crippen LogP contribution is 2.73. The molecule has 5 aliphatic carbocycles. The maximum atomic E-state index is 12.8. The third kappa shape index (κ3) is 2.64. The van der Waals surface area contributed by atoms with Gasteiger partial charge in [0.25, 0.3) is 0 Å². The lowest BCUT2D eigenvalue weighted by molar-refractivity contribution is -0.192. The van der Waals surface area contributed by atoms with Gasteiger partial charge in [-0.2, -0.15) is 0 Å². The van der Waals surface area contributed by atoms with Crippen LogP contribution in [0.1, 0.15) is 65.2 Å². The molecule has 0 amide bonds. The van der Waals surface area contributed by atoms with Crippen molar-refractivity contribution in [3.63, 3.8) is 0 Å². The van der Waals surface area contributed by atoms with E-state index in [-0.39, 0.29) is 22.2 Å². The van der Waals surface area contributed by atoms with Gasteiger partial charge in [-0.25, -0.2) is 0 Å². The average molecular weight is 393 g/mol. The van der Waals surface area contributed by atoms with E-state index in [1.165, 1.54) is 24.8 Å². The summed E-state index contributed by atoms with van der Waals surface area (Å²) in [4.78, 5) is 12.8. The molecule has 0 aromatic rings. The van der Waals surface area contributed by atoms with E-state index < -0.39 is 10.8 Å². The number of carbonyl (C=O) groups is 1. The van der Waals surface area contributed by atoms with Gasteiger partial charge in [0.2, 0.25) is 0 Å². The van der Waals surface area contributed by atoms with Crippen molar-refractivity contribution in [2.24, 2.45) is 39.9 Å². The predicted octanol–water partition coefficient (Wildman–Crippen LogP) is 4.73. The van der Waals surface area contributed by atoms with Crippen LogP contribution < -0.4 is 0 Å². The van der Waals surface area contributed by atoms with Gasteiger partial charge in [-0.1, -0.05) is 25.5 Å². The van der Waals surface area contributed by atoms with Crippen molar-refractivity contribution >= 4 is 16.8 Å². The Kier molecular flexibility index (Phi) is 4.69. The summed E-state index contributed by atoms with van der Waals surface area (Å²) >= 11 is 0. The fourth-order valence-electron chi connectivity index (χ4n) is 8.37. The Balaban J connectivity index is 1.71. The highest BCUT2D eigenvalue weighted by molar-refractivity contribution is 7.84. The number of fused-ring (bicyclic) bond motifs is 3. The average Bonchev–Trinajstić information content (AvgIpc) is 2.60. The second kappa shape index (κ2) is 6.43. The third-order valence-corrected chi connectivity index (χ3v) is 10.4. The fourth-order valence-corrected chi connectivity index (χ4v) is 9.36. The van der Waals surface area contributed by atoms with Crippen LogP contribution in [0.4, 0.5) is 0 Å². The van der Waals surface area contributed by atoms with Gasteiger partial charge in [0, 0.05) is 22.8 Å². The zero-order valence-electron chi connectivity index (χ0n) is 17.5. The van der Waals surface area contributed by atoms with Crippen molar-refractivity contribution in [2.75, 3.05) is 19.1 Å². The minimum atomic E-state index is -0.721. The number of hydrogen-bond donors (Lipinski definition) is 0. The van der Waals surface area contributed by atoms with Gasteiger partial charge in [0.05, 0.1) is 12.5 Å². The molecule has 5 rings (SSSR count). The van der Waals surface area contributed by atoms with Gasteiger partial charge in [0.15, 0.2) is 0 Å². The Bertz CT molecular complexity index is 687. The van der Waals surface area contributed by atoms with Crippen molar-refractivity contribution in [1.29, 1.82) is 0 Å². The molecule has 0 radical (unpaired) electrons. The molecule has 1 spiro atoms. The van der Waals surface area contributed by atoms with Crippen LogP contribution >= 0.6 is 0 Å². The first-order valence-electron chi connectivity index (χ1n) is 10.7. The summed E-state index contributed by atoms with van der Waals surface area (Å²) in [6.45, 7) is 9.22. The smallest absolute Gasteiger partial charge is 0.311 e. The molecule has 4 heteroatoms. The SMILES string of the molecule is C=C1C[C@H]2C[C@@H]3[C@]1(CC[C@H]1[C@@]3(C)CCC[C@@]1(C)C(=O)OC)C[C@@H]2CS(C)=O. The maximum absolute atomic E-state index is 12.8. The summed E-state index contributed by atoms with van der Waals surface area (Å²) in [5.74, 6) is 3.11. The Labute approximate surface area is 167 Å². The molecule has 0 aromatic carbocycles. The van der Waals surface area contributed by atoms with Crippen LogP contribution in [0.2, 0.25) is 0 Å². The summed E-state index contributed by atoms with van der Waals surface area (Å²) in [7, 11) is 0.825. The Morgan fingerprint density at radius 3 is 2.67 bits per heavy atom. The lowest BCUT2D eigenvalue weighted by atomic mass is 9.35. The van der Waals surface area contributed by atoms with Crippen LogP contribution in [0.3, 0.4) is 0 Å². The molecule has 8 atom stereocenters. The minimum absolute atomic E-state index is 0.00609. The van der Waals surface area contributed by atoms with E-state index in [9.17, 15) is 9.00 Å². The Morgan fingerprint density at radius 1 is 1.26 bits per heavy atom. The van der Waals surface area contributed by atoms with Crippen LogP contribution in [-0.4, -0.2) is 29.3 Å². The number of esters is 1. The van der Waals surface area contributed by atoms with E-state index in [0.29, 0.717) is 23.7 Å². The van der Waals surface area contributed by atoms with Crippen LogP contribution in [0.25, 0.3) is 0 Å². The van der Waals surface area contributed by atoms with Crippen LogP contribution in [-0.2, 0) is 20.3 Å². The van der Waals surface area contributed by atoms with Crippen molar-refractivity contribution in [2.45, 2.75) is 65.2 Å².